The fourth-order valence-corrected chi connectivity index (χ4v) is 3.45. The smallest absolute Gasteiger partial charge is 0.0410 e. The van der Waals surface area contributed by atoms with Crippen LogP contribution in [0, 0.1) is 5.92 Å². The van der Waals surface area contributed by atoms with Crippen LogP contribution in [-0.2, 0) is 6.42 Å². The van der Waals surface area contributed by atoms with E-state index in [1.807, 2.05) is 12.4 Å². The third-order valence-electron chi connectivity index (χ3n) is 4.06. The van der Waals surface area contributed by atoms with Crippen LogP contribution >= 0.6 is 15.9 Å². The first kappa shape index (κ1) is 14.0. The van der Waals surface area contributed by atoms with E-state index in [1.165, 1.54) is 44.1 Å². The topological polar surface area (TPSA) is 24.9 Å². The third-order valence-corrected chi connectivity index (χ3v) is 4.49. The number of hydrogen-bond acceptors (Lipinski definition) is 2. The molecule has 1 aromatic rings. The second-order valence-corrected chi connectivity index (χ2v) is 6.28. The molecule has 0 bridgehead atoms. The molecule has 1 heterocycles. The zero-order chi connectivity index (χ0) is 12.8. The molecule has 0 amide bonds. The lowest BCUT2D eigenvalue weighted by Gasteiger charge is -2.26. The van der Waals surface area contributed by atoms with Gasteiger partial charge in [-0.05, 0) is 59.8 Å². The number of rotatable bonds is 4. The number of halogens is 1. The highest BCUT2D eigenvalue weighted by Crippen LogP contribution is 2.27. The molecule has 1 fully saturated rings. The molecular weight excluding hydrogens is 288 g/mol. The van der Waals surface area contributed by atoms with E-state index < -0.39 is 0 Å². The molecule has 0 aromatic carbocycles. The highest BCUT2D eigenvalue weighted by atomic mass is 79.9. The van der Waals surface area contributed by atoms with Gasteiger partial charge in [0.2, 0.25) is 0 Å². The van der Waals surface area contributed by atoms with Gasteiger partial charge in [-0.3, -0.25) is 4.98 Å². The lowest BCUT2D eigenvalue weighted by molar-refractivity contribution is 0.332. The van der Waals surface area contributed by atoms with Crippen molar-refractivity contribution in [3.63, 3.8) is 0 Å². The Bertz CT molecular complexity index is 359. The Morgan fingerprint density at radius 1 is 1.28 bits per heavy atom. The molecular formula is C15H23BrN2. The molecule has 1 aliphatic rings. The van der Waals surface area contributed by atoms with Crippen LogP contribution in [0.1, 0.15) is 44.1 Å². The van der Waals surface area contributed by atoms with Crippen LogP contribution in [-0.4, -0.2) is 18.1 Å². The number of likely N-dealkylation sites (N-methyl/N-ethyl adjacent to an activating group) is 1. The van der Waals surface area contributed by atoms with E-state index >= 15 is 0 Å². The lowest BCUT2D eigenvalue weighted by Crippen LogP contribution is -2.35. The minimum Gasteiger partial charge on any atom is -0.316 e. The molecule has 18 heavy (non-hydrogen) atoms. The first-order chi connectivity index (χ1) is 8.79. The van der Waals surface area contributed by atoms with Gasteiger partial charge in [-0.1, -0.05) is 25.7 Å². The van der Waals surface area contributed by atoms with Crippen molar-refractivity contribution in [2.24, 2.45) is 5.92 Å². The maximum absolute atomic E-state index is 4.26. The number of hydrogen-bond donors (Lipinski definition) is 1. The van der Waals surface area contributed by atoms with E-state index in [-0.39, 0.29) is 0 Å². The number of nitrogens with zero attached hydrogens (tertiary/aromatic N) is 1. The molecule has 3 heteroatoms. The van der Waals surface area contributed by atoms with Gasteiger partial charge in [0, 0.05) is 22.9 Å². The van der Waals surface area contributed by atoms with Crippen molar-refractivity contribution in [2.45, 2.75) is 51.0 Å². The minimum absolute atomic E-state index is 0.596. The maximum Gasteiger partial charge on any atom is 0.0410 e. The Balaban J connectivity index is 1.99. The Labute approximate surface area is 119 Å². The molecule has 0 aliphatic heterocycles. The monoisotopic (exact) mass is 310 g/mol. The minimum atomic E-state index is 0.596. The van der Waals surface area contributed by atoms with E-state index in [9.17, 15) is 0 Å². The van der Waals surface area contributed by atoms with Crippen LogP contribution in [0.15, 0.2) is 22.9 Å². The Morgan fingerprint density at radius 2 is 2.00 bits per heavy atom. The predicted molar refractivity (Wildman–Crippen MR) is 79.7 cm³/mol. The van der Waals surface area contributed by atoms with E-state index in [0.717, 1.165) is 16.8 Å². The van der Waals surface area contributed by atoms with Crippen molar-refractivity contribution in [3.8, 4) is 0 Å². The van der Waals surface area contributed by atoms with Crippen molar-refractivity contribution < 1.29 is 0 Å². The summed E-state index contributed by atoms with van der Waals surface area (Å²) in [7, 11) is 2.10. The number of pyridine rings is 1. The van der Waals surface area contributed by atoms with E-state index in [0.29, 0.717) is 6.04 Å². The third kappa shape index (κ3) is 4.06. The van der Waals surface area contributed by atoms with Gasteiger partial charge in [0.15, 0.2) is 0 Å². The summed E-state index contributed by atoms with van der Waals surface area (Å²) < 4.78 is 1.08. The largest absolute Gasteiger partial charge is 0.316 e. The van der Waals surface area contributed by atoms with Crippen molar-refractivity contribution in [1.29, 1.82) is 0 Å². The molecule has 1 saturated carbocycles. The van der Waals surface area contributed by atoms with Gasteiger partial charge in [-0.25, -0.2) is 0 Å². The molecule has 2 nitrogen and oxygen atoms in total. The average molecular weight is 311 g/mol. The van der Waals surface area contributed by atoms with Gasteiger partial charge < -0.3 is 5.32 Å². The molecule has 0 saturated heterocycles. The van der Waals surface area contributed by atoms with Crippen LogP contribution in [0.3, 0.4) is 0 Å². The van der Waals surface area contributed by atoms with Gasteiger partial charge in [0.05, 0.1) is 0 Å². The van der Waals surface area contributed by atoms with E-state index in [1.54, 1.807) is 0 Å². The standard InChI is InChI=1S/C15H23BrN2/c1-17-15(13-6-4-2-3-5-7-13)9-12-8-14(16)11-18-10-12/h8,10-11,13,15,17H,2-7,9H2,1H3. The Hall–Kier alpha value is -0.410. The highest BCUT2D eigenvalue weighted by molar-refractivity contribution is 9.10. The summed E-state index contributed by atoms with van der Waals surface area (Å²) >= 11 is 3.50. The molecule has 2 rings (SSSR count). The summed E-state index contributed by atoms with van der Waals surface area (Å²) in [6.45, 7) is 0. The zero-order valence-electron chi connectivity index (χ0n) is 11.2. The van der Waals surface area contributed by atoms with Crippen LogP contribution in [0.5, 0.6) is 0 Å². The fraction of sp³-hybridized carbons (Fsp3) is 0.667. The SMILES string of the molecule is CNC(Cc1cncc(Br)c1)C1CCCCCC1. The summed E-state index contributed by atoms with van der Waals surface area (Å²) in [4.78, 5) is 4.26. The molecule has 0 radical (unpaired) electrons. The van der Waals surface area contributed by atoms with Gasteiger partial charge in [-0.15, -0.1) is 0 Å². The molecule has 1 unspecified atom stereocenters. The second kappa shape index (κ2) is 7.25. The van der Waals surface area contributed by atoms with Crippen molar-refractivity contribution in [2.75, 3.05) is 7.05 Å². The van der Waals surface area contributed by atoms with Gasteiger partial charge in [-0.2, -0.15) is 0 Å². The predicted octanol–water partition coefficient (Wildman–Crippen LogP) is 3.95. The Kier molecular flexibility index (Phi) is 5.64. The molecule has 1 atom stereocenters. The fourth-order valence-electron chi connectivity index (χ4n) is 3.04. The quantitative estimate of drug-likeness (QED) is 0.852. The van der Waals surface area contributed by atoms with E-state index in [4.69, 9.17) is 0 Å². The highest BCUT2D eigenvalue weighted by Gasteiger charge is 2.21. The molecule has 100 valence electrons. The first-order valence-electron chi connectivity index (χ1n) is 7.06. The van der Waals surface area contributed by atoms with Gasteiger partial charge in [0.1, 0.15) is 0 Å². The molecule has 0 spiro atoms. The summed E-state index contributed by atoms with van der Waals surface area (Å²) in [5, 5.41) is 3.52. The van der Waals surface area contributed by atoms with Crippen molar-refractivity contribution in [3.05, 3.63) is 28.5 Å². The van der Waals surface area contributed by atoms with Crippen LogP contribution in [0.25, 0.3) is 0 Å². The number of nitrogens with one attached hydrogen (secondary N) is 1. The zero-order valence-corrected chi connectivity index (χ0v) is 12.7. The normalized spacial score (nSPS) is 19.4. The molecule has 1 aromatic heterocycles. The second-order valence-electron chi connectivity index (χ2n) is 5.36. The van der Waals surface area contributed by atoms with Crippen molar-refractivity contribution in [1.82, 2.24) is 10.3 Å². The summed E-state index contributed by atoms with van der Waals surface area (Å²) in [6, 6.07) is 2.79. The van der Waals surface area contributed by atoms with Crippen LogP contribution in [0.2, 0.25) is 0 Å². The number of aromatic nitrogens is 1. The van der Waals surface area contributed by atoms with Crippen LogP contribution in [0.4, 0.5) is 0 Å². The summed E-state index contributed by atoms with van der Waals surface area (Å²) in [5.41, 5.74) is 1.33. The van der Waals surface area contributed by atoms with Crippen molar-refractivity contribution >= 4 is 15.9 Å². The lowest BCUT2D eigenvalue weighted by atomic mass is 9.88. The van der Waals surface area contributed by atoms with Gasteiger partial charge in [0.25, 0.3) is 0 Å². The van der Waals surface area contributed by atoms with Gasteiger partial charge >= 0.3 is 0 Å². The van der Waals surface area contributed by atoms with Crippen LogP contribution < -0.4 is 5.32 Å². The summed E-state index contributed by atoms with van der Waals surface area (Å²) in [5.74, 6) is 0.830. The summed E-state index contributed by atoms with van der Waals surface area (Å²) in [6.07, 6.45) is 13.3. The molecule has 1 aliphatic carbocycles. The Morgan fingerprint density at radius 3 is 2.61 bits per heavy atom. The average Bonchev–Trinajstić information content (AvgIpc) is 2.65. The molecule has 1 N–H and O–H groups in total. The maximum atomic E-state index is 4.26. The van der Waals surface area contributed by atoms with E-state index in [2.05, 4.69) is 39.3 Å². The first-order valence-corrected chi connectivity index (χ1v) is 7.85.